The van der Waals surface area contributed by atoms with Gasteiger partial charge in [-0.2, -0.15) is 4.31 Å². The van der Waals surface area contributed by atoms with Crippen LogP contribution in [-0.2, 0) is 10.0 Å². The topological polar surface area (TPSA) is 40.6 Å². The molecule has 0 aliphatic carbocycles. The Bertz CT molecular complexity index is 391. The fourth-order valence-corrected chi connectivity index (χ4v) is 3.80. The maximum atomic E-state index is 12.0. The molecule has 4 nitrogen and oxygen atoms in total. The van der Waals surface area contributed by atoms with Crippen molar-refractivity contribution in [2.24, 2.45) is 5.41 Å². The zero-order chi connectivity index (χ0) is 16.4. The van der Waals surface area contributed by atoms with Crippen molar-refractivity contribution in [2.75, 3.05) is 25.9 Å². The summed E-state index contributed by atoms with van der Waals surface area (Å²) in [5.74, 6) is 0. The number of rotatable bonds is 6. The molecule has 5 heteroatoms. The van der Waals surface area contributed by atoms with Gasteiger partial charge in [0.1, 0.15) is 0 Å². The highest BCUT2D eigenvalue weighted by molar-refractivity contribution is 7.88. The van der Waals surface area contributed by atoms with E-state index in [1.165, 1.54) is 6.26 Å². The zero-order valence-electron chi connectivity index (χ0n) is 14.8. The van der Waals surface area contributed by atoms with Crippen LogP contribution in [0.5, 0.6) is 0 Å². The molecule has 0 aliphatic rings. The first-order valence-corrected chi connectivity index (χ1v) is 9.28. The Labute approximate surface area is 126 Å². The van der Waals surface area contributed by atoms with Crippen LogP contribution in [0, 0.1) is 5.41 Å². The van der Waals surface area contributed by atoms with Gasteiger partial charge in [0, 0.05) is 24.7 Å². The highest BCUT2D eigenvalue weighted by Crippen LogP contribution is 2.24. The molecule has 0 saturated carbocycles. The molecule has 0 aliphatic heterocycles. The second kappa shape index (κ2) is 6.75. The summed E-state index contributed by atoms with van der Waals surface area (Å²) in [6, 6.07) is 0.411. The van der Waals surface area contributed by atoms with Crippen molar-refractivity contribution in [1.29, 1.82) is 0 Å². The van der Waals surface area contributed by atoms with Gasteiger partial charge in [0.25, 0.3) is 0 Å². The standard InChI is InChI=1S/C15H34N2O2S/c1-10-16(13(2)14(3,4)5)11-12-17(15(6,7)8)20(9,18)19/h13H,10-12H2,1-9H3. The van der Waals surface area contributed by atoms with E-state index in [1.54, 1.807) is 4.31 Å². The molecular weight excluding hydrogens is 272 g/mol. The average molecular weight is 307 g/mol. The van der Waals surface area contributed by atoms with Crippen LogP contribution >= 0.6 is 0 Å². The van der Waals surface area contributed by atoms with E-state index in [0.29, 0.717) is 12.6 Å². The number of nitrogens with zero attached hydrogens (tertiary/aromatic N) is 2. The number of hydrogen-bond donors (Lipinski definition) is 0. The molecule has 0 saturated heterocycles. The fourth-order valence-electron chi connectivity index (χ4n) is 2.39. The van der Waals surface area contributed by atoms with Gasteiger partial charge in [-0.15, -0.1) is 0 Å². The van der Waals surface area contributed by atoms with Gasteiger partial charge >= 0.3 is 0 Å². The molecule has 0 aromatic rings. The van der Waals surface area contributed by atoms with Gasteiger partial charge in [0.2, 0.25) is 10.0 Å². The van der Waals surface area contributed by atoms with Crippen LogP contribution < -0.4 is 0 Å². The van der Waals surface area contributed by atoms with Gasteiger partial charge in [-0.1, -0.05) is 27.7 Å². The van der Waals surface area contributed by atoms with Crippen LogP contribution in [0.15, 0.2) is 0 Å². The van der Waals surface area contributed by atoms with Crippen LogP contribution in [0.3, 0.4) is 0 Å². The van der Waals surface area contributed by atoms with E-state index in [2.05, 4.69) is 39.5 Å². The Morgan fingerprint density at radius 2 is 1.45 bits per heavy atom. The predicted octanol–water partition coefficient (Wildman–Crippen LogP) is 2.80. The largest absolute Gasteiger partial charge is 0.299 e. The number of sulfonamides is 1. The van der Waals surface area contributed by atoms with Gasteiger partial charge in [0.05, 0.1) is 6.26 Å². The van der Waals surface area contributed by atoms with Crippen molar-refractivity contribution in [3.63, 3.8) is 0 Å². The van der Waals surface area contributed by atoms with E-state index < -0.39 is 10.0 Å². The van der Waals surface area contributed by atoms with Crippen LogP contribution in [0.2, 0.25) is 0 Å². The first kappa shape index (κ1) is 19.9. The Kier molecular flexibility index (Phi) is 6.71. The second-order valence-corrected chi connectivity index (χ2v) is 9.58. The number of likely N-dealkylation sites (N-methyl/N-ethyl adjacent to an activating group) is 1. The Balaban J connectivity index is 4.95. The van der Waals surface area contributed by atoms with Crippen molar-refractivity contribution in [2.45, 2.75) is 67.0 Å². The molecule has 0 radical (unpaired) electrons. The lowest BCUT2D eigenvalue weighted by molar-refractivity contribution is 0.104. The summed E-state index contributed by atoms with van der Waals surface area (Å²) in [5, 5.41) is 0. The predicted molar refractivity (Wildman–Crippen MR) is 87.5 cm³/mol. The normalized spacial score (nSPS) is 15.9. The fraction of sp³-hybridized carbons (Fsp3) is 1.00. The van der Waals surface area contributed by atoms with Gasteiger partial charge in [0.15, 0.2) is 0 Å². The van der Waals surface area contributed by atoms with Crippen LogP contribution in [0.4, 0.5) is 0 Å². The smallest absolute Gasteiger partial charge is 0.211 e. The highest BCUT2D eigenvalue weighted by atomic mass is 32.2. The molecular formula is C15H34N2O2S. The van der Waals surface area contributed by atoms with Crippen LogP contribution in [-0.4, -0.2) is 55.1 Å². The van der Waals surface area contributed by atoms with E-state index in [1.807, 2.05) is 20.8 Å². The van der Waals surface area contributed by atoms with E-state index in [4.69, 9.17) is 0 Å². The number of hydrogen-bond acceptors (Lipinski definition) is 3. The minimum absolute atomic E-state index is 0.188. The zero-order valence-corrected chi connectivity index (χ0v) is 15.6. The maximum Gasteiger partial charge on any atom is 0.211 e. The van der Waals surface area contributed by atoms with Gasteiger partial charge in [-0.05, 0) is 39.7 Å². The third-order valence-electron chi connectivity index (χ3n) is 3.95. The first-order valence-electron chi connectivity index (χ1n) is 7.43. The molecule has 1 atom stereocenters. The summed E-state index contributed by atoms with van der Waals surface area (Å²) < 4.78 is 25.5. The average Bonchev–Trinajstić information content (AvgIpc) is 2.18. The van der Waals surface area contributed by atoms with Gasteiger partial charge in [-0.25, -0.2) is 8.42 Å². The lowest BCUT2D eigenvalue weighted by Crippen LogP contribution is -2.51. The van der Waals surface area contributed by atoms with Crippen molar-refractivity contribution in [3.05, 3.63) is 0 Å². The molecule has 0 fully saturated rings. The molecule has 0 aromatic heterocycles. The van der Waals surface area contributed by atoms with Crippen molar-refractivity contribution < 1.29 is 8.42 Å². The molecule has 0 bridgehead atoms. The van der Waals surface area contributed by atoms with E-state index in [0.717, 1.165) is 13.1 Å². The van der Waals surface area contributed by atoms with Gasteiger partial charge in [-0.3, -0.25) is 4.90 Å². The lowest BCUT2D eigenvalue weighted by atomic mass is 9.87. The molecule has 122 valence electrons. The minimum Gasteiger partial charge on any atom is -0.299 e. The third kappa shape index (κ3) is 6.10. The van der Waals surface area contributed by atoms with E-state index in [-0.39, 0.29) is 11.0 Å². The van der Waals surface area contributed by atoms with Crippen molar-refractivity contribution in [3.8, 4) is 0 Å². The van der Waals surface area contributed by atoms with Crippen LogP contribution in [0.25, 0.3) is 0 Å². The summed E-state index contributed by atoms with van der Waals surface area (Å²) in [4.78, 5) is 2.35. The summed E-state index contributed by atoms with van der Waals surface area (Å²) in [7, 11) is -3.18. The summed E-state index contributed by atoms with van der Waals surface area (Å²) in [6.07, 6.45) is 1.29. The summed E-state index contributed by atoms with van der Waals surface area (Å²) >= 11 is 0. The molecule has 0 amide bonds. The third-order valence-corrected chi connectivity index (χ3v) is 5.48. The molecule has 0 aromatic carbocycles. The molecule has 1 unspecified atom stereocenters. The van der Waals surface area contributed by atoms with Crippen molar-refractivity contribution in [1.82, 2.24) is 9.21 Å². The Hall–Kier alpha value is -0.130. The monoisotopic (exact) mass is 306 g/mol. The Morgan fingerprint density at radius 1 is 1.00 bits per heavy atom. The second-order valence-electron chi connectivity index (χ2n) is 7.68. The highest BCUT2D eigenvalue weighted by Gasteiger charge is 2.31. The lowest BCUT2D eigenvalue weighted by Gasteiger charge is -2.40. The minimum atomic E-state index is -3.18. The maximum absolute atomic E-state index is 12.0. The van der Waals surface area contributed by atoms with E-state index >= 15 is 0 Å². The van der Waals surface area contributed by atoms with Crippen molar-refractivity contribution >= 4 is 10.0 Å². The summed E-state index contributed by atoms with van der Waals surface area (Å²) in [5.41, 5.74) is -0.189. The SMILES string of the molecule is CCN(CCN(C(C)(C)C)S(C)(=O)=O)C(C)C(C)(C)C. The quantitative estimate of drug-likeness (QED) is 0.757. The van der Waals surface area contributed by atoms with Crippen LogP contribution in [0.1, 0.15) is 55.4 Å². The molecule has 0 rings (SSSR count). The van der Waals surface area contributed by atoms with E-state index in [9.17, 15) is 8.42 Å². The summed E-state index contributed by atoms with van der Waals surface area (Å²) in [6.45, 7) is 19.1. The molecule has 20 heavy (non-hydrogen) atoms. The Morgan fingerprint density at radius 3 is 1.70 bits per heavy atom. The van der Waals surface area contributed by atoms with Gasteiger partial charge < -0.3 is 0 Å². The molecule has 0 spiro atoms. The molecule has 0 heterocycles. The molecule has 0 N–H and O–H groups in total. The first-order chi connectivity index (χ1) is 8.71.